The fourth-order valence-electron chi connectivity index (χ4n) is 1.86. The SMILES string of the molecule is Nc1ncc(Cl)cc1C(N)Cc1cc(F)cc(F)c1. The molecule has 1 aromatic heterocycles. The van der Waals surface area contributed by atoms with Crippen LogP contribution in [-0.4, -0.2) is 4.98 Å². The lowest BCUT2D eigenvalue weighted by atomic mass is 10.00. The maximum absolute atomic E-state index is 13.1. The summed E-state index contributed by atoms with van der Waals surface area (Å²) in [5.41, 5.74) is 12.7. The molecule has 0 fully saturated rings. The summed E-state index contributed by atoms with van der Waals surface area (Å²) in [5.74, 6) is -1.02. The largest absolute Gasteiger partial charge is 0.383 e. The Hall–Kier alpha value is -1.72. The van der Waals surface area contributed by atoms with Crippen molar-refractivity contribution in [1.82, 2.24) is 4.98 Å². The normalized spacial score (nSPS) is 12.4. The van der Waals surface area contributed by atoms with E-state index in [9.17, 15) is 8.78 Å². The third-order valence-electron chi connectivity index (χ3n) is 2.69. The quantitative estimate of drug-likeness (QED) is 0.910. The van der Waals surface area contributed by atoms with Crippen LogP contribution in [0.2, 0.25) is 5.02 Å². The lowest BCUT2D eigenvalue weighted by molar-refractivity contribution is 0.576. The van der Waals surface area contributed by atoms with Gasteiger partial charge in [-0.1, -0.05) is 11.6 Å². The van der Waals surface area contributed by atoms with E-state index >= 15 is 0 Å². The number of pyridine rings is 1. The second kappa shape index (κ2) is 5.50. The zero-order valence-electron chi connectivity index (χ0n) is 9.91. The second-order valence-corrected chi connectivity index (χ2v) is 4.65. The second-order valence-electron chi connectivity index (χ2n) is 4.22. The Morgan fingerprint density at radius 3 is 2.42 bits per heavy atom. The minimum Gasteiger partial charge on any atom is -0.383 e. The molecule has 100 valence electrons. The first kappa shape index (κ1) is 13.7. The Kier molecular flexibility index (Phi) is 3.97. The van der Waals surface area contributed by atoms with Gasteiger partial charge in [-0.25, -0.2) is 13.8 Å². The third-order valence-corrected chi connectivity index (χ3v) is 2.90. The van der Waals surface area contributed by atoms with Crippen molar-refractivity contribution < 1.29 is 8.78 Å². The molecule has 2 rings (SSSR count). The van der Waals surface area contributed by atoms with E-state index in [4.69, 9.17) is 23.1 Å². The molecule has 0 aliphatic carbocycles. The predicted molar refractivity (Wildman–Crippen MR) is 70.6 cm³/mol. The Bertz CT molecular complexity index is 584. The predicted octanol–water partition coefficient (Wildman–Crippen LogP) is 2.84. The first-order valence-corrected chi connectivity index (χ1v) is 5.95. The molecule has 1 aromatic carbocycles. The van der Waals surface area contributed by atoms with Crippen molar-refractivity contribution in [3.8, 4) is 0 Å². The number of nitrogens with zero attached hydrogens (tertiary/aromatic N) is 1. The topological polar surface area (TPSA) is 64.9 Å². The molecule has 3 nitrogen and oxygen atoms in total. The molecular formula is C13H12ClF2N3. The Balaban J connectivity index is 2.25. The van der Waals surface area contributed by atoms with Gasteiger partial charge in [-0.3, -0.25) is 0 Å². The van der Waals surface area contributed by atoms with Gasteiger partial charge in [0.15, 0.2) is 0 Å². The molecule has 0 aliphatic rings. The molecule has 4 N–H and O–H groups in total. The van der Waals surface area contributed by atoms with Crippen molar-refractivity contribution in [3.63, 3.8) is 0 Å². The molecule has 0 bridgehead atoms. The lowest BCUT2D eigenvalue weighted by Crippen LogP contribution is -2.16. The average molecular weight is 284 g/mol. The highest BCUT2D eigenvalue weighted by atomic mass is 35.5. The molecular weight excluding hydrogens is 272 g/mol. The highest BCUT2D eigenvalue weighted by Gasteiger charge is 2.13. The van der Waals surface area contributed by atoms with Gasteiger partial charge in [-0.05, 0) is 30.2 Å². The van der Waals surface area contributed by atoms with Crippen LogP contribution in [0.4, 0.5) is 14.6 Å². The minimum absolute atomic E-state index is 0.237. The summed E-state index contributed by atoms with van der Waals surface area (Å²) < 4.78 is 26.2. The Morgan fingerprint density at radius 2 is 1.79 bits per heavy atom. The third kappa shape index (κ3) is 3.39. The molecule has 0 amide bonds. The number of rotatable bonds is 3. The van der Waals surface area contributed by atoms with Crippen LogP contribution < -0.4 is 11.5 Å². The number of hydrogen-bond donors (Lipinski definition) is 2. The van der Waals surface area contributed by atoms with Gasteiger partial charge in [0.1, 0.15) is 17.5 Å². The average Bonchev–Trinajstić information content (AvgIpc) is 2.30. The van der Waals surface area contributed by atoms with Crippen molar-refractivity contribution in [2.45, 2.75) is 12.5 Å². The molecule has 1 heterocycles. The van der Waals surface area contributed by atoms with E-state index in [1.807, 2.05) is 0 Å². The van der Waals surface area contributed by atoms with E-state index in [0.717, 1.165) is 6.07 Å². The summed E-state index contributed by atoms with van der Waals surface area (Å²) in [6.45, 7) is 0. The molecule has 2 aromatic rings. The van der Waals surface area contributed by atoms with E-state index in [2.05, 4.69) is 4.98 Å². The van der Waals surface area contributed by atoms with Crippen molar-refractivity contribution >= 4 is 17.4 Å². The van der Waals surface area contributed by atoms with Crippen LogP contribution in [0.25, 0.3) is 0 Å². The molecule has 0 spiro atoms. The molecule has 6 heteroatoms. The summed E-state index contributed by atoms with van der Waals surface area (Å²) in [6, 6.07) is 4.34. The molecule has 1 unspecified atom stereocenters. The summed E-state index contributed by atoms with van der Waals surface area (Å²) in [4.78, 5) is 3.89. The number of nitrogen functional groups attached to an aromatic ring is 1. The number of halogens is 3. The van der Waals surface area contributed by atoms with Crippen LogP contribution in [0, 0.1) is 11.6 Å². The van der Waals surface area contributed by atoms with Crippen molar-refractivity contribution in [3.05, 3.63) is 58.2 Å². The summed E-state index contributed by atoms with van der Waals surface area (Å²) in [6.07, 6.45) is 1.65. The van der Waals surface area contributed by atoms with Gasteiger partial charge in [0.25, 0.3) is 0 Å². The Labute approximate surface area is 114 Å². The van der Waals surface area contributed by atoms with Crippen LogP contribution in [0.1, 0.15) is 17.2 Å². The first-order chi connectivity index (χ1) is 8.95. The lowest BCUT2D eigenvalue weighted by Gasteiger charge is -2.14. The zero-order chi connectivity index (χ0) is 14.0. The van der Waals surface area contributed by atoms with Gasteiger partial charge in [-0.2, -0.15) is 0 Å². The number of hydrogen-bond acceptors (Lipinski definition) is 3. The van der Waals surface area contributed by atoms with E-state index in [0.29, 0.717) is 16.1 Å². The number of anilines is 1. The maximum atomic E-state index is 13.1. The highest BCUT2D eigenvalue weighted by molar-refractivity contribution is 6.30. The maximum Gasteiger partial charge on any atom is 0.128 e. The van der Waals surface area contributed by atoms with Crippen LogP contribution in [0.5, 0.6) is 0 Å². The zero-order valence-corrected chi connectivity index (χ0v) is 10.7. The molecule has 0 saturated heterocycles. The van der Waals surface area contributed by atoms with Gasteiger partial charge in [0.2, 0.25) is 0 Å². The van der Waals surface area contributed by atoms with Gasteiger partial charge >= 0.3 is 0 Å². The molecule has 1 atom stereocenters. The summed E-state index contributed by atoms with van der Waals surface area (Å²) in [7, 11) is 0. The van der Waals surface area contributed by atoms with Gasteiger partial charge in [-0.15, -0.1) is 0 Å². The number of benzene rings is 1. The minimum atomic E-state index is -0.639. The van der Waals surface area contributed by atoms with Gasteiger partial charge < -0.3 is 11.5 Å². The van der Waals surface area contributed by atoms with E-state index in [1.54, 1.807) is 6.07 Å². The van der Waals surface area contributed by atoms with Crippen molar-refractivity contribution in [2.24, 2.45) is 5.73 Å². The smallest absolute Gasteiger partial charge is 0.128 e. The standard InChI is InChI=1S/C13H12ClF2N3/c14-8-4-11(13(18)19-6-8)12(17)3-7-1-9(15)5-10(16)2-7/h1-2,4-6,12H,3,17H2,(H2,18,19). The van der Waals surface area contributed by atoms with Crippen molar-refractivity contribution in [2.75, 3.05) is 5.73 Å². The van der Waals surface area contributed by atoms with E-state index in [-0.39, 0.29) is 12.2 Å². The van der Waals surface area contributed by atoms with Crippen LogP contribution in [0.15, 0.2) is 30.5 Å². The van der Waals surface area contributed by atoms with E-state index in [1.165, 1.54) is 18.3 Å². The first-order valence-electron chi connectivity index (χ1n) is 5.57. The molecule has 0 aliphatic heterocycles. The highest BCUT2D eigenvalue weighted by Crippen LogP contribution is 2.24. The molecule has 19 heavy (non-hydrogen) atoms. The van der Waals surface area contributed by atoms with Crippen LogP contribution in [0.3, 0.4) is 0 Å². The molecule has 0 saturated carbocycles. The van der Waals surface area contributed by atoms with Crippen LogP contribution >= 0.6 is 11.6 Å². The fourth-order valence-corrected chi connectivity index (χ4v) is 2.02. The fraction of sp³-hybridized carbons (Fsp3) is 0.154. The van der Waals surface area contributed by atoms with Crippen molar-refractivity contribution in [1.29, 1.82) is 0 Å². The summed E-state index contributed by atoms with van der Waals surface area (Å²) in [5, 5.41) is 0.407. The van der Waals surface area contributed by atoms with Gasteiger partial charge in [0, 0.05) is 23.9 Å². The van der Waals surface area contributed by atoms with Crippen LogP contribution in [-0.2, 0) is 6.42 Å². The molecule has 0 radical (unpaired) electrons. The number of nitrogens with two attached hydrogens (primary N) is 2. The summed E-state index contributed by atoms with van der Waals surface area (Å²) >= 11 is 5.82. The monoisotopic (exact) mass is 283 g/mol. The Morgan fingerprint density at radius 1 is 1.16 bits per heavy atom. The van der Waals surface area contributed by atoms with E-state index < -0.39 is 17.7 Å². The van der Waals surface area contributed by atoms with Gasteiger partial charge in [0.05, 0.1) is 5.02 Å². The number of aromatic nitrogens is 1.